The van der Waals surface area contributed by atoms with Crippen LogP contribution >= 0.6 is 0 Å². The summed E-state index contributed by atoms with van der Waals surface area (Å²) >= 11 is 0. The number of para-hydroxylation sites is 2. The number of nitrogens with two attached hydrogens (primary N) is 1. The van der Waals surface area contributed by atoms with Crippen molar-refractivity contribution in [1.82, 2.24) is 14.5 Å². The number of rotatable bonds is 4. The fraction of sp³-hybridized carbons (Fsp3) is 0.0851. The van der Waals surface area contributed by atoms with E-state index in [1.165, 1.54) is 33.4 Å². The van der Waals surface area contributed by atoms with Gasteiger partial charge < -0.3 is 15.6 Å². The van der Waals surface area contributed by atoms with Gasteiger partial charge in [0.2, 0.25) is 5.96 Å². The number of hydrogen-bond acceptors (Lipinski definition) is 2. The summed E-state index contributed by atoms with van der Waals surface area (Å²) in [6.07, 6.45) is 7.87. The van der Waals surface area contributed by atoms with Crippen molar-refractivity contribution in [3.63, 3.8) is 0 Å². The highest BCUT2D eigenvalue weighted by Gasteiger charge is 2.35. The molecule has 0 saturated heterocycles. The fourth-order valence-corrected chi connectivity index (χ4v) is 8.50. The van der Waals surface area contributed by atoms with Gasteiger partial charge in [-0.3, -0.25) is 4.57 Å². The Morgan fingerprint density at radius 2 is 1.38 bits per heavy atom. The van der Waals surface area contributed by atoms with Gasteiger partial charge in [-0.15, -0.1) is 0 Å². The molecule has 0 bridgehead atoms. The maximum absolute atomic E-state index is 7.06. The fourth-order valence-electron chi connectivity index (χ4n) is 8.50. The third-order valence-corrected chi connectivity index (χ3v) is 11.1. The van der Waals surface area contributed by atoms with E-state index in [0.717, 1.165) is 49.5 Å². The van der Waals surface area contributed by atoms with Crippen molar-refractivity contribution in [3.05, 3.63) is 181 Å². The number of allylic oxidation sites excluding steroid dienone is 2. The number of aliphatic imine (C=N–C) groups is 1. The molecular formula is C47H37N5. The number of benzene rings is 6. The molecule has 10 rings (SSSR count). The van der Waals surface area contributed by atoms with Gasteiger partial charge in [0.05, 0.1) is 16.6 Å². The first-order valence-electron chi connectivity index (χ1n) is 17.9. The first-order valence-corrected chi connectivity index (χ1v) is 17.9. The Morgan fingerprint density at radius 1 is 0.654 bits per heavy atom. The van der Waals surface area contributed by atoms with E-state index >= 15 is 0 Å². The number of dihydropyridines is 1. The Balaban J connectivity index is 1.02. The zero-order valence-corrected chi connectivity index (χ0v) is 29.1. The van der Waals surface area contributed by atoms with Crippen LogP contribution in [0.4, 0.5) is 0 Å². The van der Waals surface area contributed by atoms with Gasteiger partial charge in [0.15, 0.2) is 0 Å². The molecule has 6 aromatic carbocycles. The molecule has 2 aliphatic rings. The van der Waals surface area contributed by atoms with Crippen molar-refractivity contribution >= 4 is 44.2 Å². The van der Waals surface area contributed by atoms with Crippen LogP contribution in [0.15, 0.2) is 169 Å². The van der Waals surface area contributed by atoms with E-state index < -0.39 is 0 Å². The minimum Gasteiger partial charge on any atom is -0.369 e. The monoisotopic (exact) mass is 671 g/mol. The number of fused-ring (bicyclic) bond motifs is 8. The molecule has 0 fully saturated rings. The number of nitrogens with one attached hydrogen (secondary N) is 1. The minimum atomic E-state index is -0.362. The summed E-state index contributed by atoms with van der Waals surface area (Å²) in [4.78, 5) is 5.18. The van der Waals surface area contributed by atoms with Gasteiger partial charge in [0.25, 0.3) is 0 Å². The molecule has 52 heavy (non-hydrogen) atoms. The maximum atomic E-state index is 7.06. The molecule has 0 amide bonds. The Hall–Kier alpha value is -6.59. The van der Waals surface area contributed by atoms with E-state index in [0.29, 0.717) is 5.96 Å². The predicted octanol–water partition coefficient (Wildman–Crippen LogP) is 10.4. The maximum Gasteiger partial charge on any atom is 0.203 e. The molecule has 1 unspecified atom stereocenters. The average molecular weight is 672 g/mol. The molecule has 0 saturated carbocycles. The summed E-state index contributed by atoms with van der Waals surface area (Å²) in [6.45, 7) is 4.66. The second-order valence-corrected chi connectivity index (χ2v) is 14.3. The molecule has 2 aromatic heterocycles. The van der Waals surface area contributed by atoms with Crippen molar-refractivity contribution < 1.29 is 0 Å². The molecule has 0 spiro atoms. The van der Waals surface area contributed by atoms with Gasteiger partial charge >= 0.3 is 0 Å². The van der Waals surface area contributed by atoms with Crippen LogP contribution in [0.1, 0.15) is 30.5 Å². The SMILES string of the molecule is CC1(C)c2ccccc2-c2ccc(-c3ccc(C4=CC=CNC4/N=C(\N)n4c5ccccc5c5ccc6c(ccn6-c6ccccc6)c54)cc3)cc21. The zero-order chi connectivity index (χ0) is 35.0. The number of aromatic nitrogens is 2. The standard InChI is InChI=1S/C47H37N5/c1-47(2)40-16-8-6-13-35(40)36-23-22-32(29-41(36)47)30-18-20-31(21-19-30)34-15-10-27-49-45(34)50-46(48)52-43-17-9-7-14-37(43)38-24-25-42-39(44(38)52)26-28-51(42)33-11-4-3-5-12-33/h3-29,45,49H,1-2H3,(H2,48,50). The van der Waals surface area contributed by atoms with E-state index in [1.807, 2.05) is 18.3 Å². The number of nitrogens with zero attached hydrogens (tertiary/aromatic N) is 3. The van der Waals surface area contributed by atoms with Crippen LogP contribution in [0.3, 0.4) is 0 Å². The van der Waals surface area contributed by atoms with E-state index in [4.69, 9.17) is 10.7 Å². The smallest absolute Gasteiger partial charge is 0.203 e. The van der Waals surface area contributed by atoms with Crippen LogP contribution in [0, 0.1) is 0 Å². The molecule has 3 heterocycles. The van der Waals surface area contributed by atoms with E-state index in [9.17, 15) is 0 Å². The van der Waals surface area contributed by atoms with Gasteiger partial charge in [-0.2, -0.15) is 0 Å². The highest BCUT2D eigenvalue weighted by Crippen LogP contribution is 2.49. The highest BCUT2D eigenvalue weighted by molar-refractivity contribution is 6.21. The summed E-state index contributed by atoms with van der Waals surface area (Å²) in [5.74, 6) is 0.434. The molecule has 1 aliphatic heterocycles. The summed E-state index contributed by atoms with van der Waals surface area (Å²) < 4.78 is 4.35. The van der Waals surface area contributed by atoms with Crippen LogP contribution in [-0.4, -0.2) is 21.3 Å². The molecule has 3 N–H and O–H groups in total. The van der Waals surface area contributed by atoms with Crippen LogP contribution < -0.4 is 11.1 Å². The molecule has 5 heteroatoms. The van der Waals surface area contributed by atoms with Gasteiger partial charge in [0, 0.05) is 39.0 Å². The van der Waals surface area contributed by atoms with Crippen molar-refractivity contribution in [2.45, 2.75) is 25.4 Å². The van der Waals surface area contributed by atoms with Crippen LogP contribution in [-0.2, 0) is 5.41 Å². The Bertz CT molecular complexity index is 2790. The Morgan fingerprint density at radius 3 is 2.25 bits per heavy atom. The summed E-state index contributed by atoms with van der Waals surface area (Å²) in [6, 6.07) is 50.0. The van der Waals surface area contributed by atoms with Crippen molar-refractivity contribution in [3.8, 4) is 27.9 Å². The number of hydrogen-bond donors (Lipinski definition) is 2. The Labute approximate surface area is 302 Å². The zero-order valence-electron chi connectivity index (χ0n) is 29.1. The molecule has 250 valence electrons. The van der Waals surface area contributed by atoms with Crippen LogP contribution in [0.2, 0.25) is 0 Å². The van der Waals surface area contributed by atoms with Crippen LogP contribution in [0.25, 0.3) is 66.2 Å². The first kappa shape index (κ1) is 30.3. The lowest BCUT2D eigenvalue weighted by molar-refractivity contribution is 0.660. The first-order chi connectivity index (χ1) is 25.5. The van der Waals surface area contributed by atoms with Crippen LogP contribution in [0.5, 0.6) is 0 Å². The largest absolute Gasteiger partial charge is 0.369 e. The predicted molar refractivity (Wildman–Crippen MR) is 217 cm³/mol. The van der Waals surface area contributed by atoms with Crippen molar-refractivity contribution in [2.75, 3.05) is 0 Å². The van der Waals surface area contributed by atoms with E-state index in [1.54, 1.807) is 0 Å². The second-order valence-electron chi connectivity index (χ2n) is 14.3. The third-order valence-electron chi connectivity index (χ3n) is 11.1. The lowest BCUT2D eigenvalue weighted by atomic mass is 9.81. The van der Waals surface area contributed by atoms with E-state index in [2.05, 4.69) is 174 Å². The normalized spacial score (nSPS) is 16.2. The minimum absolute atomic E-state index is 0.0358. The summed E-state index contributed by atoms with van der Waals surface area (Å²) in [5, 5.41) is 6.89. The lowest BCUT2D eigenvalue weighted by Gasteiger charge is -2.22. The van der Waals surface area contributed by atoms with Crippen molar-refractivity contribution in [2.24, 2.45) is 10.7 Å². The average Bonchev–Trinajstić information content (AvgIpc) is 3.84. The second kappa shape index (κ2) is 11.5. The van der Waals surface area contributed by atoms with Gasteiger partial charge in [-0.25, -0.2) is 4.99 Å². The quantitative estimate of drug-likeness (QED) is 0.145. The molecule has 5 nitrogen and oxygen atoms in total. The third kappa shape index (κ3) is 4.52. The topological polar surface area (TPSA) is 60.3 Å². The van der Waals surface area contributed by atoms with Gasteiger partial charge in [-0.05, 0) is 87.6 Å². The molecule has 1 atom stereocenters. The molecular weight excluding hydrogens is 635 g/mol. The van der Waals surface area contributed by atoms with Gasteiger partial charge in [-0.1, -0.05) is 123 Å². The molecule has 1 aliphatic carbocycles. The lowest BCUT2D eigenvalue weighted by Crippen LogP contribution is -2.32. The highest BCUT2D eigenvalue weighted by atomic mass is 15.2. The summed E-state index contributed by atoms with van der Waals surface area (Å²) in [7, 11) is 0. The van der Waals surface area contributed by atoms with Crippen molar-refractivity contribution in [1.29, 1.82) is 0 Å². The molecule has 0 radical (unpaired) electrons. The summed E-state index contributed by atoms with van der Waals surface area (Å²) in [5.41, 5.74) is 21.4. The van der Waals surface area contributed by atoms with E-state index in [-0.39, 0.29) is 11.6 Å². The molecule has 8 aromatic rings. The Kier molecular flexibility index (Phi) is 6.67. The van der Waals surface area contributed by atoms with Gasteiger partial charge in [0.1, 0.15) is 6.17 Å².